The maximum absolute atomic E-state index is 12.0. The molecule has 1 aromatic carbocycles. The zero-order valence-corrected chi connectivity index (χ0v) is 12.8. The van der Waals surface area contributed by atoms with Gasteiger partial charge in [0.05, 0.1) is 0 Å². The first-order chi connectivity index (χ1) is 9.04. The summed E-state index contributed by atoms with van der Waals surface area (Å²) < 4.78 is 6.69. The second-order valence-electron chi connectivity index (χ2n) is 4.60. The van der Waals surface area contributed by atoms with Crippen molar-refractivity contribution in [3.63, 3.8) is 0 Å². The zero-order valence-electron chi connectivity index (χ0n) is 11.2. The predicted octanol–water partition coefficient (Wildman–Crippen LogP) is 2.35. The largest absolute Gasteiger partial charge is 0.480 e. The van der Waals surface area contributed by atoms with Crippen molar-refractivity contribution in [3.05, 3.63) is 28.7 Å². The molecule has 1 aromatic rings. The third kappa shape index (κ3) is 5.61. The molecule has 0 aromatic heterocycles. The van der Waals surface area contributed by atoms with E-state index in [0.717, 1.165) is 4.47 Å². The number of hydrogen-bond acceptors (Lipinski definition) is 3. The van der Waals surface area contributed by atoms with Crippen molar-refractivity contribution in [2.24, 2.45) is 5.92 Å². The van der Waals surface area contributed by atoms with E-state index in [1.165, 1.54) is 0 Å². The van der Waals surface area contributed by atoms with Crippen LogP contribution in [0.15, 0.2) is 28.7 Å². The first-order valence-corrected chi connectivity index (χ1v) is 7.14. The number of benzene rings is 1. The summed E-state index contributed by atoms with van der Waals surface area (Å²) in [5.74, 6) is 0.586. The summed E-state index contributed by atoms with van der Waals surface area (Å²) >= 11 is 3.35. The van der Waals surface area contributed by atoms with E-state index in [-0.39, 0.29) is 18.4 Å². The van der Waals surface area contributed by atoms with E-state index in [0.29, 0.717) is 18.7 Å². The standard InChI is InChI=1S/C14H20BrNO3/c1-10(2)13(14(18)16-8-3-9-17)19-12-6-4-11(15)5-7-12/h4-7,10,13,17H,3,8-9H2,1-2H3,(H,16,18)/t13-/m1/s1. The Hall–Kier alpha value is -1.07. The van der Waals surface area contributed by atoms with Gasteiger partial charge in [0.25, 0.3) is 5.91 Å². The Balaban J connectivity index is 2.62. The van der Waals surface area contributed by atoms with Crippen LogP contribution in [0.2, 0.25) is 0 Å². The zero-order chi connectivity index (χ0) is 14.3. The normalized spacial score (nSPS) is 12.3. The molecule has 1 atom stereocenters. The Labute approximate surface area is 122 Å². The van der Waals surface area contributed by atoms with Gasteiger partial charge in [0.15, 0.2) is 6.10 Å². The molecule has 0 aliphatic heterocycles. The Bertz CT molecular complexity index is 392. The fraction of sp³-hybridized carbons (Fsp3) is 0.500. The Morgan fingerprint density at radius 1 is 1.37 bits per heavy atom. The summed E-state index contributed by atoms with van der Waals surface area (Å²) in [5, 5.41) is 11.5. The molecule has 0 saturated carbocycles. The number of rotatable bonds is 7. The highest BCUT2D eigenvalue weighted by Crippen LogP contribution is 2.19. The topological polar surface area (TPSA) is 58.6 Å². The van der Waals surface area contributed by atoms with Crippen LogP contribution in [0.5, 0.6) is 5.75 Å². The SMILES string of the molecule is CC(C)[C@@H](Oc1ccc(Br)cc1)C(=O)NCCCO. The molecule has 0 aliphatic carbocycles. The van der Waals surface area contributed by atoms with Crippen LogP contribution in [0.25, 0.3) is 0 Å². The van der Waals surface area contributed by atoms with Crippen LogP contribution in [-0.4, -0.2) is 30.3 Å². The van der Waals surface area contributed by atoms with Crippen molar-refractivity contribution in [1.82, 2.24) is 5.32 Å². The number of hydrogen-bond donors (Lipinski definition) is 2. The number of nitrogens with one attached hydrogen (secondary N) is 1. The van der Waals surface area contributed by atoms with Gasteiger partial charge in [-0.1, -0.05) is 29.8 Å². The number of carbonyl (C=O) groups excluding carboxylic acids is 1. The Kier molecular flexibility index (Phi) is 6.87. The number of halogens is 1. The second kappa shape index (κ2) is 8.17. The molecule has 1 amide bonds. The molecule has 0 fully saturated rings. The molecule has 0 radical (unpaired) electrons. The Morgan fingerprint density at radius 2 is 2.00 bits per heavy atom. The summed E-state index contributed by atoms with van der Waals surface area (Å²) in [5.41, 5.74) is 0. The van der Waals surface area contributed by atoms with E-state index in [1.54, 1.807) is 0 Å². The fourth-order valence-corrected chi connectivity index (χ4v) is 1.81. The average Bonchev–Trinajstić information content (AvgIpc) is 2.37. The summed E-state index contributed by atoms with van der Waals surface area (Å²) in [6, 6.07) is 7.38. The van der Waals surface area contributed by atoms with Gasteiger partial charge in [-0.25, -0.2) is 0 Å². The summed E-state index contributed by atoms with van der Waals surface area (Å²) in [7, 11) is 0. The fourth-order valence-electron chi connectivity index (χ4n) is 1.54. The molecule has 5 heteroatoms. The minimum atomic E-state index is -0.528. The summed E-state index contributed by atoms with van der Waals surface area (Å²) in [6.07, 6.45) is 0.0225. The molecule has 1 rings (SSSR count). The molecule has 4 nitrogen and oxygen atoms in total. The van der Waals surface area contributed by atoms with Crippen LogP contribution in [0.4, 0.5) is 0 Å². The molecule has 0 unspecified atom stereocenters. The molecule has 0 heterocycles. The highest BCUT2D eigenvalue weighted by molar-refractivity contribution is 9.10. The lowest BCUT2D eigenvalue weighted by Crippen LogP contribution is -2.42. The highest BCUT2D eigenvalue weighted by atomic mass is 79.9. The minimum Gasteiger partial charge on any atom is -0.480 e. The maximum Gasteiger partial charge on any atom is 0.261 e. The van der Waals surface area contributed by atoms with Crippen LogP contribution in [0, 0.1) is 5.92 Å². The lowest BCUT2D eigenvalue weighted by Gasteiger charge is -2.21. The van der Waals surface area contributed by atoms with Crippen molar-refractivity contribution in [1.29, 1.82) is 0 Å². The first kappa shape index (κ1) is 16.0. The van der Waals surface area contributed by atoms with Crippen molar-refractivity contribution in [3.8, 4) is 5.75 Å². The van der Waals surface area contributed by atoms with Gasteiger partial charge in [0.2, 0.25) is 0 Å². The molecule has 0 aliphatic rings. The highest BCUT2D eigenvalue weighted by Gasteiger charge is 2.23. The van der Waals surface area contributed by atoms with E-state index in [2.05, 4.69) is 21.2 Å². The quantitative estimate of drug-likeness (QED) is 0.755. The van der Waals surface area contributed by atoms with Gasteiger partial charge in [0, 0.05) is 17.6 Å². The third-order valence-corrected chi connectivity index (χ3v) is 3.10. The average molecular weight is 330 g/mol. The predicted molar refractivity (Wildman–Crippen MR) is 78.1 cm³/mol. The van der Waals surface area contributed by atoms with Crippen molar-refractivity contribution in [2.75, 3.05) is 13.2 Å². The van der Waals surface area contributed by atoms with Gasteiger partial charge in [-0.15, -0.1) is 0 Å². The van der Waals surface area contributed by atoms with Crippen molar-refractivity contribution in [2.45, 2.75) is 26.4 Å². The van der Waals surface area contributed by atoms with Gasteiger partial charge >= 0.3 is 0 Å². The van der Waals surface area contributed by atoms with Gasteiger partial charge in [-0.2, -0.15) is 0 Å². The van der Waals surface area contributed by atoms with Gasteiger partial charge in [0.1, 0.15) is 5.75 Å². The smallest absolute Gasteiger partial charge is 0.261 e. The van der Waals surface area contributed by atoms with Crippen LogP contribution in [0.3, 0.4) is 0 Å². The maximum atomic E-state index is 12.0. The van der Waals surface area contributed by atoms with E-state index >= 15 is 0 Å². The molecule has 19 heavy (non-hydrogen) atoms. The van der Waals surface area contributed by atoms with Crippen LogP contribution < -0.4 is 10.1 Å². The lowest BCUT2D eigenvalue weighted by molar-refractivity contribution is -0.129. The molecule has 0 spiro atoms. The first-order valence-electron chi connectivity index (χ1n) is 6.35. The van der Waals surface area contributed by atoms with E-state index in [1.807, 2.05) is 38.1 Å². The van der Waals surface area contributed by atoms with E-state index in [9.17, 15) is 4.79 Å². The number of ether oxygens (including phenoxy) is 1. The van der Waals surface area contributed by atoms with Crippen LogP contribution >= 0.6 is 15.9 Å². The van der Waals surface area contributed by atoms with E-state index < -0.39 is 6.10 Å². The number of amides is 1. The van der Waals surface area contributed by atoms with Crippen LogP contribution in [-0.2, 0) is 4.79 Å². The molecule has 0 bridgehead atoms. The van der Waals surface area contributed by atoms with Gasteiger partial charge in [-0.3, -0.25) is 4.79 Å². The molecule has 0 saturated heterocycles. The monoisotopic (exact) mass is 329 g/mol. The second-order valence-corrected chi connectivity index (χ2v) is 5.52. The third-order valence-electron chi connectivity index (χ3n) is 2.57. The molecular formula is C14H20BrNO3. The Morgan fingerprint density at radius 3 is 2.53 bits per heavy atom. The van der Waals surface area contributed by atoms with Gasteiger partial charge in [-0.05, 0) is 36.6 Å². The number of aliphatic hydroxyl groups is 1. The molecule has 106 valence electrons. The summed E-state index contributed by atoms with van der Waals surface area (Å²) in [6.45, 7) is 4.41. The lowest BCUT2D eigenvalue weighted by atomic mass is 10.1. The minimum absolute atomic E-state index is 0.0674. The van der Waals surface area contributed by atoms with Crippen LogP contribution in [0.1, 0.15) is 20.3 Å². The number of carbonyl (C=O) groups is 1. The van der Waals surface area contributed by atoms with Crippen molar-refractivity contribution < 1.29 is 14.6 Å². The number of aliphatic hydroxyl groups excluding tert-OH is 1. The van der Waals surface area contributed by atoms with E-state index in [4.69, 9.17) is 9.84 Å². The van der Waals surface area contributed by atoms with Crippen molar-refractivity contribution >= 4 is 21.8 Å². The molecular weight excluding hydrogens is 310 g/mol. The molecule has 2 N–H and O–H groups in total. The van der Waals surface area contributed by atoms with Gasteiger partial charge < -0.3 is 15.2 Å². The summed E-state index contributed by atoms with van der Waals surface area (Å²) in [4.78, 5) is 12.0.